The van der Waals surface area contributed by atoms with Crippen molar-refractivity contribution in [1.82, 2.24) is 15.1 Å². The van der Waals surface area contributed by atoms with E-state index < -0.39 is 11.9 Å². The van der Waals surface area contributed by atoms with Crippen molar-refractivity contribution in [3.05, 3.63) is 28.4 Å². The lowest BCUT2D eigenvalue weighted by atomic mass is 9.99. The van der Waals surface area contributed by atoms with Crippen LogP contribution in [0.2, 0.25) is 0 Å². The molecule has 1 aromatic heterocycles. The molecule has 2 aromatic rings. The van der Waals surface area contributed by atoms with Gasteiger partial charge in [-0.05, 0) is 24.1 Å². The van der Waals surface area contributed by atoms with Crippen LogP contribution in [0.4, 0.5) is 0 Å². The van der Waals surface area contributed by atoms with E-state index in [4.69, 9.17) is 5.11 Å². The van der Waals surface area contributed by atoms with Gasteiger partial charge in [0.25, 0.3) is 5.91 Å². The molecule has 0 saturated carbocycles. The van der Waals surface area contributed by atoms with Gasteiger partial charge in [-0.1, -0.05) is 22.9 Å². The Morgan fingerprint density at radius 3 is 2.86 bits per heavy atom. The molecule has 2 N–H and O–H groups in total. The van der Waals surface area contributed by atoms with Crippen molar-refractivity contribution in [2.24, 2.45) is 11.8 Å². The number of amides is 1. The zero-order chi connectivity index (χ0) is 15.1. The summed E-state index contributed by atoms with van der Waals surface area (Å²) >= 11 is 3.38. The van der Waals surface area contributed by atoms with E-state index in [1.807, 2.05) is 25.1 Å². The van der Waals surface area contributed by atoms with E-state index in [9.17, 15) is 9.59 Å². The van der Waals surface area contributed by atoms with Gasteiger partial charge < -0.3 is 10.0 Å². The van der Waals surface area contributed by atoms with E-state index in [0.29, 0.717) is 12.2 Å². The van der Waals surface area contributed by atoms with Crippen LogP contribution in [0.25, 0.3) is 10.9 Å². The Morgan fingerprint density at radius 2 is 2.19 bits per heavy atom. The number of carboxylic acid groups (broad SMARTS) is 1. The highest BCUT2D eigenvalue weighted by Crippen LogP contribution is 2.27. The van der Waals surface area contributed by atoms with Gasteiger partial charge in [-0.2, -0.15) is 5.10 Å². The number of hydrogen-bond acceptors (Lipinski definition) is 3. The molecule has 110 valence electrons. The molecule has 21 heavy (non-hydrogen) atoms. The summed E-state index contributed by atoms with van der Waals surface area (Å²) in [5.74, 6) is -1.64. The van der Waals surface area contributed by atoms with Crippen LogP contribution in [0.1, 0.15) is 17.4 Å². The predicted octanol–water partition coefficient (Wildman–Crippen LogP) is 2.12. The lowest BCUT2D eigenvalue weighted by molar-refractivity contribution is -0.142. The predicted molar refractivity (Wildman–Crippen MR) is 80.0 cm³/mol. The van der Waals surface area contributed by atoms with E-state index in [-0.39, 0.29) is 18.4 Å². The molecule has 1 aromatic carbocycles. The van der Waals surface area contributed by atoms with Crippen LogP contribution in [-0.2, 0) is 4.79 Å². The zero-order valence-corrected chi connectivity index (χ0v) is 12.9. The van der Waals surface area contributed by atoms with Crippen molar-refractivity contribution < 1.29 is 14.7 Å². The third-order valence-electron chi connectivity index (χ3n) is 3.94. The molecule has 0 spiro atoms. The molecule has 1 aliphatic heterocycles. The fourth-order valence-electron chi connectivity index (χ4n) is 2.75. The number of nitrogens with zero attached hydrogens (tertiary/aromatic N) is 2. The summed E-state index contributed by atoms with van der Waals surface area (Å²) in [6.45, 7) is 2.53. The summed E-state index contributed by atoms with van der Waals surface area (Å²) in [5.41, 5.74) is 1.12. The summed E-state index contributed by atoms with van der Waals surface area (Å²) in [7, 11) is 0. The molecule has 0 radical (unpaired) electrons. The topological polar surface area (TPSA) is 86.3 Å². The van der Waals surface area contributed by atoms with Gasteiger partial charge in [-0.3, -0.25) is 14.7 Å². The number of H-pyrrole nitrogens is 1. The highest BCUT2D eigenvalue weighted by atomic mass is 79.9. The molecule has 0 aliphatic carbocycles. The van der Waals surface area contributed by atoms with Crippen LogP contribution in [0.3, 0.4) is 0 Å². The first-order valence-corrected chi connectivity index (χ1v) is 7.42. The second kappa shape index (κ2) is 5.14. The van der Waals surface area contributed by atoms with Gasteiger partial charge in [0.15, 0.2) is 5.69 Å². The maximum atomic E-state index is 12.6. The first-order valence-electron chi connectivity index (χ1n) is 6.63. The summed E-state index contributed by atoms with van der Waals surface area (Å²) in [6, 6.07) is 5.54. The largest absolute Gasteiger partial charge is 0.481 e. The van der Waals surface area contributed by atoms with Crippen molar-refractivity contribution in [1.29, 1.82) is 0 Å². The minimum atomic E-state index is -0.854. The fourth-order valence-corrected chi connectivity index (χ4v) is 3.11. The standard InChI is InChI=1S/C14H14BrN3O3/c1-7-5-18(6-10(7)14(20)21)13(19)12-9-4-8(15)2-3-11(9)16-17-12/h2-4,7,10H,5-6H2,1H3,(H,16,17)(H,20,21)/t7-,10-/m1/s1. The summed E-state index contributed by atoms with van der Waals surface area (Å²) in [5, 5.41) is 16.8. The maximum Gasteiger partial charge on any atom is 0.308 e. The van der Waals surface area contributed by atoms with Crippen LogP contribution in [0.15, 0.2) is 22.7 Å². The number of likely N-dealkylation sites (tertiary alicyclic amines) is 1. The smallest absolute Gasteiger partial charge is 0.308 e. The SMILES string of the molecule is C[C@@H]1CN(C(=O)c2n[nH]c3ccc(Br)cc23)C[C@H]1C(=O)O. The number of nitrogens with one attached hydrogen (secondary N) is 1. The molecular weight excluding hydrogens is 338 g/mol. The van der Waals surface area contributed by atoms with Crippen molar-refractivity contribution in [2.75, 3.05) is 13.1 Å². The average molecular weight is 352 g/mol. The quantitative estimate of drug-likeness (QED) is 0.867. The second-order valence-corrected chi connectivity index (χ2v) is 6.31. The van der Waals surface area contributed by atoms with Gasteiger partial charge in [-0.25, -0.2) is 0 Å². The monoisotopic (exact) mass is 351 g/mol. The summed E-state index contributed by atoms with van der Waals surface area (Å²) in [4.78, 5) is 25.3. The first-order chi connectivity index (χ1) is 9.97. The number of fused-ring (bicyclic) bond motifs is 1. The van der Waals surface area contributed by atoms with E-state index in [0.717, 1.165) is 15.4 Å². The van der Waals surface area contributed by atoms with E-state index in [1.165, 1.54) is 0 Å². The zero-order valence-electron chi connectivity index (χ0n) is 11.3. The molecule has 1 aliphatic rings. The molecule has 1 saturated heterocycles. The minimum Gasteiger partial charge on any atom is -0.481 e. The van der Waals surface area contributed by atoms with E-state index >= 15 is 0 Å². The van der Waals surface area contributed by atoms with Crippen molar-refractivity contribution >= 4 is 38.7 Å². The van der Waals surface area contributed by atoms with Crippen molar-refractivity contribution in [3.63, 3.8) is 0 Å². The number of carbonyl (C=O) groups is 2. The van der Waals surface area contributed by atoms with Crippen LogP contribution in [-0.4, -0.2) is 45.2 Å². The highest BCUT2D eigenvalue weighted by Gasteiger charge is 2.38. The number of aromatic amines is 1. The molecule has 6 nitrogen and oxygen atoms in total. The molecule has 0 unspecified atom stereocenters. The Morgan fingerprint density at radius 1 is 1.43 bits per heavy atom. The Hall–Kier alpha value is -1.89. The van der Waals surface area contributed by atoms with Crippen molar-refractivity contribution in [3.8, 4) is 0 Å². The molecule has 2 heterocycles. The lowest BCUT2D eigenvalue weighted by Crippen LogP contribution is -2.30. The van der Waals surface area contributed by atoms with Crippen LogP contribution >= 0.6 is 15.9 Å². The maximum absolute atomic E-state index is 12.6. The van der Waals surface area contributed by atoms with Crippen molar-refractivity contribution in [2.45, 2.75) is 6.92 Å². The molecule has 0 bridgehead atoms. The minimum absolute atomic E-state index is 0.0524. The normalized spacial score (nSPS) is 21.9. The molecule has 3 rings (SSSR count). The van der Waals surface area contributed by atoms with Crippen LogP contribution < -0.4 is 0 Å². The Balaban J connectivity index is 1.91. The third kappa shape index (κ3) is 2.42. The van der Waals surface area contributed by atoms with E-state index in [1.54, 1.807) is 4.90 Å². The lowest BCUT2D eigenvalue weighted by Gasteiger charge is -2.14. The van der Waals surface area contributed by atoms with Gasteiger partial charge in [0.05, 0.1) is 11.4 Å². The highest BCUT2D eigenvalue weighted by molar-refractivity contribution is 9.10. The van der Waals surface area contributed by atoms with Gasteiger partial charge in [-0.15, -0.1) is 0 Å². The molecular formula is C14H14BrN3O3. The van der Waals surface area contributed by atoms with Gasteiger partial charge in [0.1, 0.15) is 0 Å². The summed E-state index contributed by atoms with van der Waals surface area (Å²) in [6.07, 6.45) is 0. The van der Waals surface area contributed by atoms with Crippen LogP contribution in [0, 0.1) is 11.8 Å². The number of hydrogen-bond donors (Lipinski definition) is 2. The first kappa shape index (κ1) is 14.1. The number of aromatic nitrogens is 2. The number of benzene rings is 1. The molecule has 1 fully saturated rings. The van der Waals surface area contributed by atoms with Crippen LogP contribution in [0.5, 0.6) is 0 Å². The molecule has 2 atom stereocenters. The third-order valence-corrected chi connectivity index (χ3v) is 4.44. The fraction of sp³-hybridized carbons (Fsp3) is 0.357. The number of halogens is 1. The number of carboxylic acids is 1. The molecule has 1 amide bonds. The molecule has 7 heteroatoms. The van der Waals surface area contributed by atoms with Gasteiger partial charge in [0.2, 0.25) is 0 Å². The van der Waals surface area contributed by atoms with E-state index in [2.05, 4.69) is 26.1 Å². The summed E-state index contributed by atoms with van der Waals surface area (Å²) < 4.78 is 0.864. The number of aliphatic carboxylic acids is 1. The Kier molecular flexibility index (Phi) is 3.44. The number of carbonyl (C=O) groups excluding carboxylic acids is 1. The Bertz CT molecular complexity index is 727. The second-order valence-electron chi connectivity index (χ2n) is 5.39. The number of rotatable bonds is 2. The Labute approximate surface area is 129 Å². The average Bonchev–Trinajstić information content (AvgIpc) is 3.01. The van der Waals surface area contributed by atoms with Gasteiger partial charge in [0, 0.05) is 22.9 Å². The van der Waals surface area contributed by atoms with Gasteiger partial charge >= 0.3 is 5.97 Å².